The summed E-state index contributed by atoms with van der Waals surface area (Å²) in [4.78, 5) is 14.5. The molecule has 1 amide bonds. The van der Waals surface area contributed by atoms with E-state index in [1.54, 1.807) is 12.1 Å². The van der Waals surface area contributed by atoms with Crippen LogP contribution in [0.4, 0.5) is 14.5 Å². The van der Waals surface area contributed by atoms with Gasteiger partial charge in [0.25, 0.3) is 5.91 Å². The number of anilines is 1. The first-order chi connectivity index (χ1) is 12.0. The molecular weight excluding hydrogens is 320 g/mol. The van der Waals surface area contributed by atoms with E-state index in [-0.39, 0.29) is 11.6 Å². The van der Waals surface area contributed by atoms with Crippen LogP contribution in [0.25, 0.3) is 0 Å². The summed E-state index contributed by atoms with van der Waals surface area (Å²) in [6.45, 7) is 2.42. The average Bonchev–Trinajstić information content (AvgIpc) is 2.61. The third kappa shape index (κ3) is 4.25. The van der Waals surface area contributed by atoms with Gasteiger partial charge in [-0.2, -0.15) is 0 Å². The van der Waals surface area contributed by atoms with Crippen molar-refractivity contribution in [3.63, 3.8) is 0 Å². The molecule has 0 heterocycles. The third-order valence-corrected chi connectivity index (χ3v) is 4.91. The number of amides is 1. The minimum Gasteiger partial charge on any atom is -0.305 e. The molecule has 0 radical (unpaired) electrons. The lowest BCUT2D eigenvalue weighted by molar-refractivity contribution is 0.0979. The number of hydrogen-bond donors (Lipinski definition) is 0. The van der Waals surface area contributed by atoms with Gasteiger partial charge in [0.15, 0.2) is 0 Å². The Morgan fingerprint density at radius 2 is 1.72 bits per heavy atom. The SMILES string of the molecule is Cc1ccc(C(=O)N(CC2CCCCC2)c2ccc(F)cc2F)cc1. The Morgan fingerprint density at radius 3 is 2.36 bits per heavy atom. The number of nitrogens with zero attached hydrogens (tertiary/aromatic N) is 1. The van der Waals surface area contributed by atoms with E-state index < -0.39 is 11.6 Å². The van der Waals surface area contributed by atoms with E-state index >= 15 is 0 Å². The standard InChI is InChI=1S/C21H23F2NO/c1-15-7-9-17(10-8-15)21(25)24(14-16-5-3-2-4-6-16)20-12-11-18(22)13-19(20)23/h7-13,16H,2-6,14H2,1H3. The first-order valence-electron chi connectivity index (χ1n) is 8.88. The first-order valence-corrected chi connectivity index (χ1v) is 8.88. The second-order valence-electron chi connectivity index (χ2n) is 6.88. The fraction of sp³-hybridized carbons (Fsp3) is 0.381. The largest absolute Gasteiger partial charge is 0.305 e. The lowest BCUT2D eigenvalue weighted by Gasteiger charge is -2.30. The Hall–Kier alpha value is -2.23. The first kappa shape index (κ1) is 17.6. The van der Waals surface area contributed by atoms with E-state index in [1.807, 2.05) is 19.1 Å². The number of carbonyl (C=O) groups excluding carboxylic acids is 1. The summed E-state index contributed by atoms with van der Waals surface area (Å²) >= 11 is 0. The lowest BCUT2D eigenvalue weighted by atomic mass is 9.88. The maximum Gasteiger partial charge on any atom is 0.258 e. The summed E-state index contributed by atoms with van der Waals surface area (Å²) in [7, 11) is 0. The van der Waals surface area contributed by atoms with Gasteiger partial charge in [-0.15, -0.1) is 0 Å². The molecule has 0 saturated heterocycles. The molecular formula is C21H23F2NO. The van der Waals surface area contributed by atoms with Crippen molar-refractivity contribution in [2.45, 2.75) is 39.0 Å². The highest BCUT2D eigenvalue weighted by Gasteiger charge is 2.25. The predicted octanol–water partition coefficient (Wildman–Crippen LogP) is 5.50. The van der Waals surface area contributed by atoms with Crippen LogP contribution >= 0.6 is 0 Å². The predicted molar refractivity (Wildman–Crippen MR) is 95.8 cm³/mol. The van der Waals surface area contributed by atoms with Crippen LogP contribution in [0.15, 0.2) is 42.5 Å². The Labute approximate surface area is 147 Å². The van der Waals surface area contributed by atoms with Gasteiger partial charge in [-0.05, 0) is 49.9 Å². The summed E-state index contributed by atoms with van der Waals surface area (Å²) < 4.78 is 27.7. The minimum absolute atomic E-state index is 0.151. The van der Waals surface area contributed by atoms with Crippen molar-refractivity contribution < 1.29 is 13.6 Å². The van der Waals surface area contributed by atoms with Crippen molar-refractivity contribution in [3.05, 3.63) is 65.2 Å². The van der Waals surface area contributed by atoms with Gasteiger partial charge in [0.2, 0.25) is 0 Å². The molecule has 25 heavy (non-hydrogen) atoms. The topological polar surface area (TPSA) is 20.3 Å². The normalized spacial score (nSPS) is 15.2. The molecule has 0 N–H and O–H groups in total. The zero-order valence-electron chi connectivity index (χ0n) is 14.5. The molecule has 2 aromatic rings. The Bertz CT molecular complexity index is 736. The maximum absolute atomic E-state index is 14.4. The van der Waals surface area contributed by atoms with Gasteiger partial charge in [0.1, 0.15) is 11.6 Å². The summed E-state index contributed by atoms with van der Waals surface area (Å²) in [5.74, 6) is -1.22. The van der Waals surface area contributed by atoms with E-state index in [0.29, 0.717) is 18.0 Å². The Kier molecular flexibility index (Phi) is 5.47. The van der Waals surface area contributed by atoms with Crippen molar-refractivity contribution in [2.24, 2.45) is 5.92 Å². The third-order valence-electron chi connectivity index (χ3n) is 4.91. The fourth-order valence-corrected chi connectivity index (χ4v) is 3.47. The maximum atomic E-state index is 14.4. The van der Waals surface area contributed by atoms with Gasteiger partial charge in [-0.1, -0.05) is 37.0 Å². The van der Waals surface area contributed by atoms with E-state index in [1.165, 1.54) is 23.5 Å². The van der Waals surface area contributed by atoms with E-state index in [4.69, 9.17) is 0 Å². The Balaban J connectivity index is 1.92. The second kappa shape index (κ2) is 7.77. The van der Waals surface area contributed by atoms with Gasteiger partial charge in [-0.25, -0.2) is 8.78 Å². The number of hydrogen-bond acceptors (Lipinski definition) is 1. The highest BCUT2D eigenvalue weighted by molar-refractivity contribution is 6.06. The van der Waals surface area contributed by atoms with E-state index in [2.05, 4.69) is 0 Å². The quantitative estimate of drug-likeness (QED) is 0.718. The lowest BCUT2D eigenvalue weighted by Crippen LogP contribution is -2.36. The molecule has 0 bridgehead atoms. The van der Waals surface area contributed by atoms with Gasteiger partial charge in [-0.3, -0.25) is 4.79 Å². The number of benzene rings is 2. The van der Waals surface area contributed by atoms with Crippen LogP contribution in [-0.2, 0) is 0 Å². The molecule has 0 aromatic heterocycles. The zero-order chi connectivity index (χ0) is 17.8. The van der Waals surface area contributed by atoms with Crippen molar-refractivity contribution in [1.82, 2.24) is 0 Å². The molecule has 0 unspecified atom stereocenters. The van der Waals surface area contributed by atoms with Crippen molar-refractivity contribution >= 4 is 11.6 Å². The molecule has 3 rings (SSSR count). The second-order valence-corrected chi connectivity index (χ2v) is 6.88. The van der Waals surface area contributed by atoms with Gasteiger partial charge < -0.3 is 4.90 Å². The van der Waals surface area contributed by atoms with Crippen LogP contribution in [0.3, 0.4) is 0 Å². The summed E-state index contributed by atoms with van der Waals surface area (Å²) in [5.41, 5.74) is 1.73. The van der Waals surface area contributed by atoms with E-state index in [9.17, 15) is 13.6 Å². The number of rotatable bonds is 4. The monoisotopic (exact) mass is 343 g/mol. The van der Waals surface area contributed by atoms with Gasteiger partial charge in [0, 0.05) is 18.2 Å². The summed E-state index contributed by atoms with van der Waals surface area (Å²) in [5, 5.41) is 0. The smallest absolute Gasteiger partial charge is 0.258 e. The van der Waals surface area contributed by atoms with Crippen LogP contribution in [0.1, 0.15) is 48.0 Å². The van der Waals surface area contributed by atoms with Gasteiger partial charge >= 0.3 is 0 Å². The molecule has 4 heteroatoms. The van der Waals surface area contributed by atoms with Crippen LogP contribution in [0.5, 0.6) is 0 Å². The molecule has 1 aliphatic carbocycles. The van der Waals surface area contributed by atoms with Crippen molar-refractivity contribution in [1.29, 1.82) is 0 Å². The van der Waals surface area contributed by atoms with Crippen LogP contribution < -0.4 is 4.90 Å². The van der Waals surface area contributed by atoms with Crippen LogP contribution in [0.2, 0.25) is 0 Å². The Morgan fingerprint density at radius 1 is 1.04 bits per heavy atom. The van der Waals surface area contributed by atoms with Crippen LogP contribution in [0, 0.1) is 24.5 Å². The molecule has 1 saturated carbocycles. The molecule has 132 valence electrons. The molecule has 0 atom stereocenters. The molecule has 2 nitrogen and oxygen atoms in total. The van der Waals surface area contributed by atoms with Crippen molar-refractivity contribution in [2.75, 3.05) is 11.4 Å². The summed E-state index contributed by atoms with van der Waals surface area (Å²) in [6, 6.07) is 10.7. The molecule has 1 fully saturated rings. The van der Waals surface area contributed by atoms with Gasteiger partial charge in [0.05, 0.1) is 5.69 Å². The van der Waals surface area contributed by atoms with Crippen molar-refractivity contribution in [3.8, 4) is 0 Å². The highest BCUT2D eigenvalue weighted by atomic mass is 19.1. The minimum atomic E-state index is -0.698. The zero-order valence-corrected chi connectivity index (χ0v) is 14.5. The molecule has 2 aromatic carbocycles. The highest BCUT2D eigenvalue weighted by Crippen LogP contribution is 2.29. The molecule has 0 aliphatic heterocycles. The number of carbonyl (C=O) groups is 1. The average molecular weight is 343 g/mol. The number of aryl methyl sites for hydroxylation is 1. The van der Waals surface area contributed by atoms with E-state index in [0.717, 1.165) is 37.3 Å². The van der Waals surface area contributed by atoms with Crippen LogP contribution in [-0.4, -0.2) is 12.5 Å². The fourth-order valence-electron chi connectivity index (χ4n) is 3.47. The molecule has 0 spiro atoms. The number of halogens is 2. The molecule has 1 aliphatic rings. The summed E-state index contributed by atoms with van der Waals surface area (Å²) in [6.07, 6.45) is 5.58.